The zero-order valence-electron chi connectivity index (χ0n) is 19.4. The topological polar surface area (TPSA) is 104 Å². The Balaban J connectivity index is 1.74. The fourth-order valence-corrected chi connectivity index (χ4v) is 4.40. The van der Waals surface area contributed by atoms with E-state index in [2.05, 4.69) is 22.0 Å². The Kier molecular flexibility index (Phi) is 6.83. The number of hydrogen-bond acceptors (Lipinski definition) is 6. The highest BCUT2D eigenvalue weighted by atomic mass is 35.5. The first-order valence-corrected chi connectivity index (χ1v) is 11.6. The molecule has 0 unspecified atom stereocenters. The number of carbonyl (C=O) groups excluding carboxylic acids is 1. The zero-order chi connectivity index (χ0) is 24.4. The van der Waals surface area contributed by atoms with E-state index in [4.69, 9.17) is 16.7 Å². The number of likely N-dealkylation sites (tertiary alicyclic amines) is 1. The van der Waals surface area contributed by atoms with Gasteiger partial charge in [0.2, 0.25) is 0 Å². The maximum atomic E-state index is 13.4. The average Bonchev–Trinajstić information content (AvgIpc) is 3.10. The van der Waals surface area contributed by atoms with Gasteiger partial charge in [-0.25, -0.2) is 9.78 Å². The van der Waals surface area contributed by atoms with Crippen molar-refractivity contribution in [1.29, 1.82) is 0 Å². The molecule has 3 aromatic heterocycles. The van der Waals surface area contributed by atoms with E-state index >= 15 is 0 Å². The number of anilines is 1. The first-order valence-electron chi connectivity index (χ1n) is 11.2. The number of aliphatic carboxylic acids is 1. The minimum atomic E-state index is -1.05. The second-order valence-corrected chi connectivity index (χ2v) is 9.07. The largest absolute Gasteiger partial charge is 0.478 e. The first-order chi connectivity index (χ1) is 16.2. The van der Waals surface area contributed by atoms with Gasteiger partial charge in [-0.3, -0.25) is 9.78 Å². The molecule has 0 aliphatic carbocycles. The smallest absolute Gasteiger partial charge is 0.328 e. The molecule has 0 saturated carbocycles. The Hall–Kier alpha value is -3.46. The van der Waals surface area contributed by atoms with Crippen LogP contribution in [0.1, 0.15) is 48.7 Å². The second kappa shape index (κ2) is 9.80. The molecule has 1 N–H and O–H groups in total. The molecule has 1 saturated heterocycles. The first kappa shape index (κ1) is 23.7. The summed E-state index contributed by atoms with van der Waals surface area (Å²) >= 11 is 6.44. The van der Waals surface area contributed by atoms with E-state index in [1.807, 2.05) is 23.9 Å². The fourth-order valence-electron chi connectivity index (χ4n) is 4.13. The van der Waals surface area contributed by atoms with Crippen molar-refractivity contribution in [3.8, 4) is 11.4 Å². The molecule has 3 aromatic rings. The van der Waals surface area contributed by atoms with Crippen molar-refractivity contribution < 1.29 is 14.7 Å². The predicted molar refractivity (Wildman–Crippen MR) is 131 cm³/mol. The number of aromatic nitrogens is 4. The van der Waals surface area contributed by atoms with Gasteiger partial charge in [-0.2, -0.15) is 9.61 Å². The number of halogens is 1. The number of carboxylic acid groups (broad SMARTS) is 1. The number of hydrogen-bond donors (Lipinski definition) is 1. The lowest BCUT2D eigenvalue weighted by molar-refractivity contribution is -0.131. The van der Waals surface area contributed by atoms with Crippen LogP contribution in [-0.4, -0.2) is 68.1 Å². The minimum absolute atomic E-state index is 0.0755. The van der Waals surface area contributed by atoms with Crippen molar-refractivity contribution in [3.63, 3.8) is 0 Å². The standard InChI is InChI=1S/C24H27ClN6O3/c1-15-7-5-4-6-10-30(15)24(34)19-13-21(29(2)3)31-20(27-19)12-18(28-31)23-17(25)11-16(14-26-23)8-9-22(32)33/h8-9,11-15H,4-7,10H2,1-3H3,(H,32,33)/b9-8+/t15-/m1/s1. The van der Waals surface area contributed by atoms with Crippen molar-refractivity contribution in [2.24, 2.45) is 0 Å². The molecule has 4 rings (SSSR count). The normalized spacial score (nSPS) is 16.7. The van der Waals surface area contributed by atoms with Crippen LogP contribution in [0.3, 0.4) is 0 Å². The lowest BCUT2D eigenvalue weighted by atomic mass is 10.1. The highest BCUT2D eigenvalue weighted by Crippen LogP contribution is 2.28. The number of carbonyl (C=O) groups is 2. The Labute approximate surface area is 202 Å². The van der Waals surface area contributed by atoms with E-state index < -0.39 is 5.97 Å². The van der Waals surface area contributed by atoms with E-state index in [0.717, 1.165) is 38.3 Å². The molecule has 1 amide bonds. The number of nitrogens with zero attached hydrogens (tertiary/aromatic N) is 6. The molecule has 1 aliphatic rings. The molecule has 1 atom stereocenters. The summed E-state index contributed by atoms with van der Waals surface area (Å²) in [7, 11) is 3.77. The van der Waals surface area contributed by atoms with E-state index in [1.165, 1.54) is 12.3 Å². The van der Waals surface area contributed by atoms with Crippen LogP contribution < -0.4 is 4.90 Å². The van der Waals surface area contributed by atoms with E-state index in [0.29, 0.717) is 39.1 Å². The monoisotopic (exact) mass is 482 g/mol. The molecule has 0 spiro atoms. The Morgan fingerprint density at radius 3 is 2.71 bits per heavy atom. The Morgan fingerprint density at radius 2 is 2.00 bits per heavy atom. The summed E-state index contributed by atoms with van der Waals surface area (Å²) in [6.45, 7) is 2.82. The predicted octanol–water partition coefficient (Wildman–Crippen LogP) is 4.01. The quantitative estimate of drug-likeness (QED) is 0.548. The molecular weight excluding hydrogens is 456 g/mol. The maximum Gasteiger partial charge on any atom is 0.328 e. The summed E-state index contributed by atoms with van der Waals surface area (Å²) in [6, 6.07) is 5.31. The molecule has 34 heavy (non-hydrogen) atoms. The van der Waals surface area contributed by atoms with Crippen LogP contribution in [0.15, 0.2) is 30.5 Å². The van der Waals surface area contributed by atoms with E-state index in [1.54, 1.807) is 22.7 Å². The van der Waals surface area contributed by atoms with Crippen LogP contribution in [0.2, 0.25) is 5.02 Å². The fraction of sp³-hybridized carbons (Fsp3) is 0.375. The average molecular weight is 483 g/mol. The minimum Gasteiger partial charge on any atom is -0.478 e. The van der Waals surface area contributed by atoms with Gasteiger partial charge < -0.3 is 14.9 Å². The van der Waals surface area contributed by atoms with Crippen LogP contribution in [-0.2, 0) is 4.79 Å². The number of carboxylic acids is 1. The lowest BCUT2D eigenvalue weighted by Crippen LogP contribution is -2.38. The Morgan fingerprint density at radius 1 is 1.21 bits per heavy atom. The van der Waals surface area contributed by atoms with Crippen LogP contribution in [0.5, 0.6) is 0 Å². The van der Waals surface area contributed by atoms with Crippen LogP contribution in [0.4, 0.5) is 5.82 Å². The molecule has 10 heteroatoms. The van der Waals surface area contributed by atoms with Crippen molar-refractivity contribution in [2.75, 3.05) is 25.5 Å². The summed E-state index contributed by atoms with van der Waals surface area (Å²) < 4.78 is 1.66. The molecule has 1 aliphatic heterocycles. The van der Waals surface area contributed by atoms with Crippen molar-refractivity contribution >= 4 is 41.0 Å². The molecule has 9 nitrogen and oxygen atoms in total. The van der Waals surface area contributed by atoms with Gasteiger partial charge in [0.1, 0.15) is 22.9 Å². The molecule has 178 valence electrons. The molecule has 0 bridgehead atoms. The van der Waals surface area contributed by atoms with Gasteiger partial charge >= 0.3 is 5.97 Å². The summed E-state index contributed by atoms with van der Waals surface area (Å²) in [5, 5.41) is 13.8. The number of amides is 1. The van der Waals surface area contributed by atoms with Crippen LogP contribution in [0, 0.1) is 0 Å². The maximum absolute atomic E-state index is 13.4. The third-order valence-corrected chi connectivity index (χ3v) is 6.21. The highest BCUT2D eigenvalue weighted by molar-refractivity contribution is 6.33. The number of pyridine rings is 1. The summed E-state index contributed by atoms with van der Waals surface area (Å²) in [4.78, 5) is 37.0. The molecular formula is C24H27ClN6O3. The van der Waals surface area contributed by atoms with Gasteiger partial charge in [-0.05, 0) is 37.5 Å². The van der Waals surface area contributed by atoms with Gasteiger partial charge in [0.15, 0.2) is 5.65 Å². The third-order valence-electron chi connectivity index (χ3n) is 5.92. The molecule has 0 radical (unpaired) electrons. The molecule has 0 aromatic carbocycles. The second-order valence-electron chi connectivity index (χ2n) is 8.66. The summed E-state index contributed by atoms with van der Waals surface area (Å²) in [5.41, 5.74) is 2.40. The Bertz CT molecular complexity index is 1270. The molecule has 1 fully saturated rings. The van der Waals surface area contributed by atoms with Crippen LogP contribution in [0.25, 0.3) is 23.1 Å². The number of rotatable bonds is 5. The van der Waals surface area contributed by atoms with Crippen LogP contribution >= 0.6 is 11.6 Å². The summed E-state index contributed by atoms with van der Waals surface area (Å²) in [5.74, 6) is -0.421. The highest BCUT2D eigenvalue weighted by Gasteiger charge is 2.26. The van der Waals surface area contributed by atoms with Gasteiger partial charge in [0.25, 0.3) is 5.91 Å². The number of fused-ring (bicyclic) bond motifs is 1. The van der Waals surface area contributed by atoms with Crippen molar-refractivity contribution in [3.05, 3.63) is 46.8 Å². The summed E-state index contributed by atoms with van der Waals surface area (Å²) in [6.07, 6.45) is 8.22. The lowest BCUT2D eigenvalue weighted by Gasteiger charge is -2.27. The third kappa shape index (κ3) is 4.89. The van der Waals surface area contributed by atoms with Crippen molar-refractivity contribution in [2.45, 2.75) is 38.6 Å². The SMILES string of the molecule is C[C@@H]1CCCCCN1C(=O)c1cc(N(C)C)n2nc(-c3ncc(/C=C/C(=O)O)cc3Cl)cc2n1. The van der Waals surface area contributed by atoms with Gasteiger partial charge in [-0.1, -0.05) is 24.4 Å². The van der Waals surface area contributed by atoms with Gasteiger partial charge in [-0.15, -0.1) is 0 Å². The zero-order valence-corrected chi connectivity index (χ0v) is 20.2. The molecule has 4 heterocycles. The van der Waals surface area contributed by atoms with Gasteiger partial charge in [0.05, 0.1) is 5.02 Å². The van der Waals surface area contributed by atoms with E-state index in [9.17, 15) is 9.59 Å². The van der Waals surface area contributed by atoms with Crippen molar-refractivity contribution in [1.82, 2.24) is 24.5 Å². The van der Waals surface area contributed by atoms with E-state index in [-0.39, 0.29) is 11.9 Å². The van der Waals surface area contributed by atoms with Gasteiger partial charge in [0, 0.05) is 51.1 Å².